The molecule has 0 aliphatic rings. The second-order valence-corrected chi connectivity index (χ2v) is 6.47. The second-order valence-electron chi connectivity index (χ2n) is 6.47. The van der Waals surface area contributed by atoms with Crippen LogP contribution in [-0.4, -0.2) is 49.5 Å². The van der Waals surface area contributed by atoms with E-state index in [1.165, 1.54) is 27.4 Å². The van der Waals surface area contributed by atoms with Crippen molar-refractivity contribution >= 4 is 11.4 Å². The predicted molar refractivity (Wildman–Crippen MR) is 115 cm³/mol. The van der Waals surface area contributed by atoms with Gasteiger partial charge in [0.05, 0.1) is 26.3 Å². The van der Waals surface area contributed by atoms with Gasteiger partial charge in [-0.2, -0.15) is 4.98 Å². The molecule has 3 rings (SSSR count). The molecular weight excluding hydrogens is 404 g/mol. The maximum Gasteiger partial charge on any atom is 0.293 e. The van der Waals surface area contributed by atoms with Crippen LogP contribution in [-0.2, 0) is 0 Å². The summed E-state index contributed by atoms with van der Waals surface area (Å²) in [5, 5.41) is 15.7. The largest absolute Gasteiger partial charge is 0.493 e. The monoisotopic (exact) mass is 428 g/mol. The van der Waals surface area contributed by atoms with Gasteiger partial charge in [0.1, 0.15) is 5.69 Å². The molecule has 0 aliphatic carbocycles. The molecule has 1 aromatic heterocycles. The number of nitro benzene ring substituents is 1. The Labute approximate surface area is 179 Å². The molecule has 2 aromatic carbocycles. The fourth-order valence-corrected chi connectivity index (χ4v) is 3.30. The van der Waals surface area contributed by atoms with Crippen molar-refractivity contribution in [3.8, 4) is 40.1 Å². The van der Waals surface area contributed by atoms with E-state index in [0.29, 0.717) is 47.2 Å². The minimum atomic E-state index is -0.409. The maximum atomic E-state index is 11.6. The summed E-state index contributed by atoms with van der Waals surface area (Å²) in [7, 11) is 4.54. The Kier molecular flexibility index (Phi) is 6.58. The highest BCUT2D eigenvalue weighted by Crippen LogP contribution is 2.41. The van der Waals surface area contributed by atoms with Crippen molar-refractivity contribution in [1.29, 1.82) is 0 Å². The van der Waals surface area contributed by atoms with Crippen molar-refractivity contribution in [1.82, 2.24) is 10.1 Å². The van der Waals surface area contributed by atoms with Crippen LogP contribution in [0.25, 0.3) is 22.8 Å². The molecule has 10 heteroatoms. The van der Waals surface area contributed by atoms with Crippen molar-refractivity contribution in [3.63, 3.8) is 0 Å². The summed E-state index contributed by atoms with van der Waals surface area (Å²) in [5.41, 5.74) is 1.56. The number of rotatable bonds is 9. The van der Waals surface area contributed by atoms with Gasteiger partial charge in [0.25, 0.3) is 11.6 Å². The molecule has 31 heavy (non-hydrogen) atoms. The van der Waals surface area contributed by atoms with E-state index in [4.69, 9.17) is 18.7 Å². The minimum absolute atomic E-state index is 0.0197. The van der Waals surface area contributed by atoms with Crippen LogP contribution in [0.3, 0.4) is 0 Å². The normalized spacial score (nSPS) is 10.6. The van der Waals surface area contributed by atoms with Crippen LogP contribution in [0.5, 0.6) is 17.2 Å². The fraction of sp³-hybridized carbons (Fsp3) is 0.333. The summed E-state index contributed by atoms with van der Waals surface area (Å²) in [5.74, 6) is 1.78. The van der Waals surface area contributed by atoms with Gasteiger partial charge in [-0.15, -0.1) is 0 Å². The lowest BCUT2D eigenvalue weighted by Crippen LogP contribution is -2.22. The summed E-state index contributed by atoms with van der Waals surface area (Å²) in [6.07, 6.45) is 0. The van der Waals surface area contributed by atoms with E-state index in [0.717, 1.165) is 0 Å². The van der Waals surface area contributed by atoms with Gasteiger partial charge < -0.3 is 23.6 Å². The van der Waals surface area contributed by atoms with E-state index in [1.54, 1.807) is 24.3 Å². The highest BCUT2D eigenvalue weighted by Gasteiger charge is 2.22. The number of methoxy groups -OCH3 is 3. The number of benzene rings is 2. The summed E-state index contributed by atoms with van der Waals surface area (Å²) in [4.78, 5) is 17.6. The Morgan fingerprint density at radius 2 is 1.65 bits per heavy atom. The van der Waals surface area contributed by atoms with Gasteiger partial charge in [-0.3, -0.25) is 10.1 Å². The van der Waals surface area contributed by atoms with Gasteiger partial charge in [0.15, 0.2) is 11.5 Å². The molecular formula is C21H24N4O6. The Morgan fingerprint density at radius 1 is 1.00 bits per heavy atom. The van der Waals surface area contributed by atoms with Gasteiger partial charge in [-0.1, -0.05) is 5.16 Å². The number of anilines is 1. The summed E-state index contributed by atoms with van der Waals surface area (Å²) in [6.45, 7) is 5.21. The van der Waals surface area contributed by atoms with Gasteiger partial charge in [0.2, 0.25) is 11.6 Å². The number of nitro groups is 1. The minimum Gasteiger partial charge on any atom is -0.493 e. The molecule has 0 unspecified atom stereocenters. The average Bonchev–Trinajstić information content (AvgIpc) is 3.29. The molecule has 0 aliphatic heterocycles. The van der Waals surface area contributed by atoms with E-state index in [-0.39, 0.29) is 17.4 Å². The first-order valence-corrected chi connectivity index (χ1v) is 9.65. The molecule has 10 nitrogen and oxygen atoms in total. The van der Waals surface area contributed by atoms with Crippen molar-refractivity contribution < 1.29 is 23.7 Å². The van der Waals surface area contributed by atoms with E-state index >= 15 is 0 Å². The lowest BCUT2D eigenvalue weighted by atomic mass is 10.1. The predicted octanol–water partition coefficient (Wildman–Crippen LogP) is 4.18. The Bertz CT molecular complexity index is 1050. The van der Waals surface area contributed by atoms with Crippen LogP contribution < -0.4 is 19.1 Å². The van der Waals surface area contributed by atoms with Crippen LogP contribution in [0.15, 0.2) is 34.9 Å². The molecule has 3 aromatic rings. The standard InChI is InChI=1S/C21H24N4O6/c1-6-24(7-2)15-9-8-13(10-16(15)25(26)27)21-22-20(23-31-21)14-11-17(28-3)19(30-5)18(12-14)29-4/h8-12H,6-7H2,1-5H3. The van der Waals surface area contributed by atoms with Gasteiger partial charge in [-0.05, 0) is 38.1 Å². The third-order valence-electron chi connectivity index (χ3n) is 4.87. The molecule has 0 radical (unpaired) electrons. The van der Waals surface area contributed by atoms with Crippen molar-refractivity contribution in [2.24, 2.45) is 0 Å². The Morgan fingerprint density at radius 3 is 2.16 bits per heavy atom. The van der Waals surface area contributed by atoms with Gasteiger partial charge >= 0.3 is 0 Å². The quantitative estimate of drug-likeness (QED) is 0.366. The second kappa shape index (κ2) is 9.33. The number of hydrogen-bond acceptors (Lipinski definition) is 9. The summed E-state index contributed by atoms with van der Waals surface area (Å²) in [6, 6.07) is 8.26. The van der Waals surface area contributed by atoms with Crippen LogP contribution in [0, 0.1) is 10.1 Å². The summed E-state index contributed by atoms with van der Waals surface area (Å²) >= 11 is 0. The lowest BCUT2D eigenvalue weighted by molar-refractivity contribution is -0.384. The van der Waals surface area contributed by atoms with Crippen molar-refractivity contribution in [2.45, 2.75) is 13.8 Å². The number of aromatic nitrogens is 2. The third kappa shape index (κ3) is 4.23. The topological polar surface area (TPSA) is 113 Å². The molecule has 0 fully saturated rings. The molecule has 0 bridgehead atoms. The maximum absolute atomic E-state index is 11.6. The van der Waals surface area contributed by atoms with E-state index < -0.39 is 4.92 Å². The van der Waals surface area contributed by atoms with E-state index in [2.05, 4.69) is 10.1 Å². The zero-order valence-corrected chi connectivity index (χ0v) is 18.0. The first-order valence-electron chi connectivity index (χ1n) is 9.65. The smallest absolute Gasteiger partial charge is 0.293 e. The van der Waals surface area contributed by atoms with E-state index in [1.807, 2.05) is 18.7 Å². The first kappa shape index (κ1) is 21.9. The molecule has 0 saturated carbocycles. The SMILES string of the molecule is CCN(CC)c1ccc(-c2nc(-c3cc(OC)c(OC)c(OC)c3)no2)cc1[N+](=O)[O-]. The molecule has 0 amide bonds. The lowest BCUT2D eigenvalue weighted by Gasteiger charge is -2.20. The molecule has 0 atom stereocenters. The highest BCUT2D eigenvalue weighted by atomic mass is 16.6. The first-order chi connectivity index (χ1) is 15.0. The van der Waals surface area contributed by atoms with Crippen LogP contribution >= 0.6 is 0 Å². The average molecular weight is 428 g/mol. The van der Waals surface area contributed by atoms with Crippen molar-refractivity contribution in [2.75, 3.05) is 39.3 Å². The number of nitrogens with zero attached hydrogens (tertiary/aromatic N) is 4. The zero-order chi connectivity index (χ0) is 22.5. The fourth-order valence-electron chi connectivity index (χ4n) is 3.30. The van der Waals surface area contributed by atoms with Crippen molar-refractivity contribution in [3.05, 3.63) is 40.4 Å². The van der Waals surface area contributed by atoms with Gasteiger partial charge in [0, 0.05) is 30.3 Å². The number of ether oxygens (including phenoxy) is 3. The molecule has 0 saturated heterocycles. The Balaban J connectivity index is 2.03. The van der Waals surface area contributed by atoms with Crippen LogP contribution in [0.4, 0.5) is 11.4 Å². The van der Waals surface area contributed by atoms with Crippen LogP contribution in [0.1, 0.15) is 13.8 Å². The third-order valence-corrected chi connectivity index (χ3v) is 4.87. The van der Waals surface area contributed by atoms with E-state index in [9.17, 15) is 10.1 Å². The molecule has 1 heterocycles. The molecule has 164 valence electrons. The Hall–Kier alpha value is -3.82. The highest BCUT2D eigenvalue weighted by molar-refractivity contribution is 5.72. The number of hydrogen-bond donors (Lipinski definition) is 0. The molecule has 0 spiro atoms. The van der Waals surface area contributed by atoms with Gasteiger partial charge in [-0.25, -0.2) is 0 Å². The summed E-state index contributed by atoms with van der Waals surface area (Å²) < 4.78 is 21.4. The zero-order valence-electron chi connectivity index (χ0n) is 18.0. The van der Waals surface area contributed by atoms with Crippen LogP contribution in [0.2, 0.25) is 0 Å². The molecule has 0 N–H and O–H groups in total.